The van der Waals surface area contributed by atoms with Crippen molar-refractivity contribution in [1.29, 1.82) is 0 Å². The molecule has 0 aliphatic carbocycles. The van der Waals surface area contributed by atoms with Crippen molar-refractivity contribution in [2.24, 2.45) is 0 Å². The van der Waals surface area contributed by atoms with E-state index in [1.807, 2.05) is 13.8 Å². The van der Waals surface area contributed by atoms with Crippen LogP contribution in [-0.4, -0.2) is 20.5 Å². The van der Waals surface area contributed by atoms with Crippen LogP contribution in [0, 0.1) is 13.8 Å². The number of anilines is 2. The molecule has 0 fully saturated rings. The standard InChI is InChI=1S/C16H16ClN3O3S/c1-9-3-5-12(11(17)7-9)19-16(21)15-18-13-8-10(2)4-6-14(13)24(22,23)20-15/h3-8,15,18,20H,1-2H3,(H,19,21)/t15-/m1/s1. The lowest BCUT2D eigenvalue weighted by molar-refractivity contribution is -0.117. The van der Waals surface area contributed by atoms with Crippen LogP contribution < -0.4 is 15.4 Å². The molecule has 1 aliphatic rings. The summed E-state index contributed by atoms with van der Waals surface area (Å²) in [5, 5.41) is 5.92. The van der Waals surface area contributed by atoms with Crippen LogP contribution in [0.1, 0.15) is 11.1 Å². The van der Waals surface area contributed by atoms with Gasteiger partial charge in [-0.1, -0.05) is 23.7 Å². The first kappa shape index (κ1) is 16.8. The van der Waals surface area contributed by atoms with Crippen LogP contribution in [0.2, 0.25) is 5.02 Å². The number of rotatable bonds is 2. The summed E-state index contributed by atoms with van der Waals surface area (Å²) in [5.41, 5.74) is 2.66. The molecule has 0 unspecified atom stereocenters. The Balaban J connectivity index is 1.87. The molecule has 0 spiro atoms. The summed E-state index contributed by atoms with van der Waals surface area (Å²) in [6.07, 6.45) is -1.12. The minimum atomic E-state index is -3.77. The number of benzene rings is 2. The van der Waals surface area contributed by atoms with Gasteiger partial charge in [-0.3, -0.25) is 4.79 Å². The second kappa shape index (κ2) is 6.08. The average molecular weight is 366 g/mol. The summed E-state index contributed by atoms with van der Waals surface area (Å²) in [6, 6.07) is 10.1. The van der Waals surface area contributed by atoms with Crippen molar-refractivity contribution < 1.29 is 13.2 Å². The Bertz CT molecular complexity index is 928. The summed E-state index contributed by atoms with van der Waals surface area (Å²) >= 11 is 6.10. The van der Waals surface area contributed by atoms with Gasteiger partial charge < -0.3 is 10.6 Å². The van der Waals surface area contributed by atoms with Crippen molar-refractivity contribution in [3.63, 3.8) is 0 Å². The molecule has 2 aromatic carbocycles. The van der Waals surface area contributed by atoms with E-state index in [1.54, 1.807) is 30.3 Å². The zero-order valence-corrected chi connectivity index (χ0v) is 14.6. The van der Waals surface area contributed by atoms with Gasteiger partial charge in [-0.2, -0.15) is 4.72 Å². The number of aryl methyl sites for hydroxylation is 2. The van der Waals surface area contributed by atoms with Gasteiger partial charge in [-0.25, -0.2) is 8.42 Å². The second-order valence-electron chi connectivity index (χ2n) is 5.67. The Kier molecular flexibility index (Phi) is 4.25. The molecule has 0 radical (unpaired) electrons. The molecule has 1 atom stereocenters. The highest BCUT2D eigenvalue weighted by molar-refractivity contribution is 7.89. The maximum atomic E-state index is 12.4. The molecule has 8 heteroatoms. The zero-order chi connectivity index (χ0) is 17.5. The highest BCUT2D eigenvalue weighted by Crippen LogP contribution is 2.28. The van der Waals surface area contributed by atoms with E-state index in [0.29, 0.717) is 16.4 Å². The summed E-state index contributed by atoms with van der Waals surface area (Å²) in [6.45, 7) is 3.73. The van der Waals surface area contributed by atoms with E-state index in [4.69, 9.17) is 11.6 Å². The van der Waals surface area contributed by atoms with Gasteiger partial charge in [-0.05, 0) is 49.2 Å². The van der Waals surface area contributed by atoms with E-state index >= 15 is 0 Å². The van der Waals surface area contributed by atoms with Crippen LogP contribution in [0.5, 0.6) is 0 Å². The SMILES string of the molecule is Cc1ccc(NC(=O)[C@@H]2Nc3cc(C)ccc3S(=O)(=O)N2)c(Cl)c1. The van der Waals surface area contributed by atoms with Crippen molar-refractivity contribution in [1.82, 2.24) is 4.72 Å². The molecule has 3 N–H and O–H groups in total. The number of sulfonamides is 1. The van der Waals surface area contributed by atoms with Crippen LogP contribution in [0.25, 0.3) is 0 Å². The fraction of sp³-hybridized carbons (Fsp3) is 0.188. The van der Waals surface area contributed by atoms with Gasteiger partial charge in [0.05, 0.1) is 16.4 Å². The number of amides is 1. The van der Waals surface area contributed by atoms with Gasteiger partial charge in [0, 0.05) is 0 Å². The van der Waals surface area contributed by atoms with E-state index in [0.717, 1.165) is 11.1 Å². The number of carbonyl (C=O) groups is 1. The van der Waals surface area contributed by atoms with Crippen molar-refractivity contribution in [3.05, 3.63) is 52.5 Å². The van der Waals surface area contributed by atoms with Crippen LogP contribution in [0.3, 0.4) is 0 Å². The van der Waals surface area contributed by atoms with Crippen LogP contribution in [0.4, 0.5) is 11.4 Å². The molecule has 3 rings (SSSR count). The molecular weight excluding hydrogens is 350 g/mol. The smallest absolute Gasteiger partial charge is 0.262 e. The third kappa shape index (κ3) is 3.24. The van der Waals surface area contributed by atoms with Crippen molar-refractivity contribution in [3.8, 4) is 0 Å². The van der Waals surface area contributed by atoms with Gasteiger partial charge in [0.25, 0.3) is 5.91 Å². The van der Waals surface area contributed by atoms with Gasteiger partial charge in [0.1, 0.15) is 4.90 Å². The van der Waals surface area contributed by atoms with E-state index in [2.05, 4.69) is 15.4 Å². The maximum absolute atomic E-state index is 12.4. The van der Waals surface area contributed by atoms with E-state index in [-0.39, 0.29) is 4.90 Å². The lowest BCUT2D eigenvalue weighted by atomic mass is 10.2. The molecule has 0 aromatic heterocycles. The first-order chi connectivity index (χ1) is 11.3. The quantitative estimate of drug-likeness (QED) is 0.763. The first-order valence-corrected chi connectivity index (χ1v) is 9.09. The first-order valence-electron chi connectivity index (χ1n) is 7.23. The Morgan fingerprint density at radius 2 is 1.79 bits per heavy atom. The summed E-state index contributed by atoms with van der Waals surface area (Å²) in [4.78, 5) is 12.5. The van der Waals surface area contributed by atoms with Crippen LogP contribution in [0.15, 0.2) is 41.3 Å². The molecule has 0 bridgehead atoms. The van der Waals surface area contributed by atoms with Crippen molar-refractivity contribution in [2.75, 3.05) is 10.6 Å². The maximum Gasteiger partial charge on any atom is 0.262 e. The fourth-order valence-corrected chi connectivity index (χ4v) is 3.98. The lowest BCUT2D eigenvalue weighted by Gasteiger charge is -2.27. The largest absolute Gasteiger partial charge is 0.360 e. The normalized spacial score (nSPS) is 18.4. The van der Waals surface area contributed by atoms with E-state index in [1.165, 1.54) is 6.07 Å². The summed E-state index contributed by atoms with van der Waals surface area (Å²) in [7, 11) is -3.77. The summed E-state index contributed by atoms with van der Waals surface area (Å²) < 4.78 is 26.9. The molecule has 6 nitrogen and oxygen atoms in total. The molecule has 126 valence electrons. The molecule has 1 heterocycles. The van der Waals surface area contributed by atoms with Crippen molar-refractivity contribution >= 4 is 38.9 Å². The number of hydrogen-bond acceptors (Lipinski definition) is 4. The average Bonchev–Trinajstić information content (AvgIpc) is 2.48. The molecule has 0 saturated carbocycles. The molecule has 1 amide bonds. The monoisotopic (exact) mass is 365 g/mol. The van der Waals surface area contributed by atoms with E-state index < -0.39 is 22.1 Å². The topological polar surface area (TPSA) is 87.3 Å². The Morgan fingerprint density at radius 3 is 2.50 bits per heavy atom. The second-order valence-corrected chi connectivity index (χ2v) is 7.76. The predicted molar refractivity (Wildman–Crippen MR) is 93.7 cm³/mol. The third-order valence-electron chi connectivity index (χ3n) is 3.64. The summed E-state index contributed by atoms with van der Waals surface area (Å²) in [5.74, 6) is -0.545. The number of halogens is 1. The molecule has 2 aromatic rings. The van der Waals surface area contributed by atoms with Gasteiger partial charge in [0.15, 0.2) is 6.17 Å². The lowest BCUT2D eigenvalue weighted by Crippen LogP contribution is -2.51. The number of hydrogen-bond donors (Lipinski definition) is 3. The van der Waals surface area contributed by atoms with Crippen LogP contribution in [-0.2, 0) is 14.8 Å². The Hall–Kier alpha value is -2.09. The molecular formula is C16H16ClN3O3S. The molecule has 24 heavy (non-hydrogen) atoms. The highest BCUT2D eigenvalue weighted by Gasteiger charge is 2.33. The molecule has 1 aliphatic heterocycles. The Labute approximate surface area is 145 Å². The zero-order valence-electron chi connectivity index (χ0n) is 13.1. The third-order valence-corrected chi connectivity index (χ3v) is 5.44. The molecule has 0 saturated heterocycles. The highest BCUT2D eigenvalue weighted by atomic mass is 35.5. The minimum Gasteiger partial charge on any atom is -0.360 e. The predicted octanol–water partition coefficient (Wildman–Crippen LogP) is 2.63. The number of fused-ring (bicyclic) bond motifs is 1. The van der Waals surface area contributed by atoms with Crippen LogP contribution >= 0.6 is 11.6 Å². The van der Waals surface area contributed by atoms with Gasteiger partial charge >= 0.3 is 0 Å². The van der Waals surface area contributed by atoms with Crippen molar-refractivity contribution in [2.45, 2.75) is 24.9 Å². The number of carbonyl (C=O) groups excluding carboxylic acids is 1. The Morgan fingerprint density at radius 1 is 1.12 bits per heavy atom. The van der Waals surface area contributed by atoms with Gasteiger partial charge in [-0.15, -0.1) is 0 Å². The van der Waals surface area contributed by atoms with E-state index in [9.17, 15) is 13.2 Å². The minimum absolute atomic E-state index is 0.116. The fourth-order valence-electron chi connectivity index (χ4n) is 2.44. The van der Waals surface area contributed by atoms with Gasteiger partial charge in [0.2, 0.25) is 10.0 Å². The number of nitrogens with one attached hydrogen (secondary N) is 3.